The molecule has 24 heavy (non-hydrogen) atoms. The summed E-state index contributed by atoms with van der Waals surface area (Å²) in [5.74, 6) is -1.09. The predicted molar refractivity (Wildman–Crippen MR) is 83.1 cm³/mol. The van der Waals surface area contributed by atoms with Crippen molar-refractivity contribution in [1.82, 2.24) is 10.1 Å². The van der Waals surface area contributed by atoms with Crippen LogP contribution in [0.2, 0.25) is 0 Å². The summed E-state index contributed by atoms with van der Waals surface area (Å²) in [6.07, 6.45) is 1.30. The number of carbonyl (C=O) groups is 1. The lowest BCUT2D eigenvalue weighted by Crippen LogP contribution is -2.13. The standard InChI is InChI=1S/C16H12F2N4O2/c1-9-7-14(22-24-9)21-16(23)13-6-5-10(8-19-13)20-15-11(17)3-2-4-12(15)18/h2-8,20H,1H3,(H,21,22,23). The molecular weight excluding hydrogens is 318 g/mol. The van der Waals surface area contributed by atoms with Crippen LogP contribution in [0.4, 0.5) is 26.0 Å². The summed E-state index contributed by atoms with van der Waals surface area (Å²) in [5.41, 5.74) is 0.178. The third kappa shape index (κ3) is 3.37. The van der Waals surface area contributed by atoms with Gasteiger partial charge in [0.25, 0.3) is 5.91 Å². The molecule has 0 fully saturated rings. The molecule has 2 aromatic heterocycles. The van der Waals surface area contributed by atoms with Crippen molar-refractivity contribution in [3.63, 3.8) is 0 Å². The molecule has 6 nitrogen and oxygen atoms in total. The molecule has 3 aromatic rings. The highest BCUT2D eigenvalue weighted by atomic mass is 19.1. The Balaban J connectivity index is 1.72. The third-order valence-electron chi connectivity index (χ3n) is 3.10. The number of aromatic nitrogens is 2. The summed E-state index contributed by atoms with van der Waals surface area (Å²) in [6, 6.07) is 8.02. The maximum absolute atomic E-state index is 13.6. The van der Waals surface area contributed by atoms with Gasteiger partial charge in [-0.15, -0.1) is 0 Å². The van der Waals surface area contributed by atoms with Crippen LogP contribution in [0.25, 0.3) is 0 Å². The number of nitrogens with zero attached hydrogens (tertiary/aromatic N) is 2. The summed E-state index contributed by atoms with van der Waals surface area (Å²) < 4.78 is 32.0. The molecule has 0 radical (unpaired) electrons. The van der Waals surface area contributed by atoms with E-state index in [0.29, 0.717) is 11.4 Å². The van der Waals surface area contributed by atoms with Crippen molar-refractivity contribution >= 4 is 23.1 Å². The predicted octanol–water partition coefficient (Wildman–Crippen LogP) is 3.65. The van der Waals surface area contributed by atoms with Crippen molar-refractivity contribution < 1.29 is 18.1 Å². The van der Waals surface area contributed by atoms with Crippen LogP contribution in [-0.2, 0) is 0 Å². The average molecular weight is 330 g/mol. The lowest BCUT2D eigenvalue weighted by molar-refractivity contribution is 0.102. The van der Waals surface area contributed by atoms with E-state index >= 15 is 0 Å². The number of rotatable bonds is 4. The fraction of sp³-hybridized carbons (Fsp3) is 0.0625. The van der Waals surface area contributed by atoms with Gasteiger partial charge in [-0.1, -0.05) is 11.2 Å². The van der Waals surface area contributed by atoms with Gasteiger partial charge in [-0.25, -0.2) is 13.8 Å². The van der Waals surface area contributed by atoms with Crippen LogP contribution in [0.5, 0.6) is 0 Å². The van der Waals surface area contributed by atoms with E-state index in [1.807, 2.05) is 0 Å². The zero-order valence-electron chi connectivity index (χ0n) is 12.5. The summed E-state index contributed by atoms with van der Waals surface area (Å²) >= 11 is 0. The van der Waals surface area contributed by atoms with Crippen LogP contribution in [0.3, 0.4) is 0 Å². The normalized spacial score (nSPS) is 10.5. The number of hydrogen-bond donors (Lipinski definition) is 2. The van der Waals surface area contributed by atoms with E-state index in [9.17, 15) is 13.6 Å². The monoisotopic (exact) mass is 330 g/mol. The molecule has 0 atom stereocenters. The van der Waals surface area contributed by atoms with Crippen LogP contribution in [0, 0.1) is 18.6 Å². The quantitative estimate of drug-likeness (QED) is 0.763. The second-order valence-electron chi connectivity index (χ2n) is 4.93. The van der Waals surface area contributed by atoms with E-state index in [4.69, 9.17) is 4.52 Å². The Morgan fingerprint density at radius 1 is 1.17 bits per heavy atom. The van der Waals surface area contributed by atoms with Crippen molar-refractivity contribution in [3.8, 4) is 0 Å². The first-order valence-corrected chi connectivity index (χ1v) is 6.94. The van der Waals surface area contributed by atoms with Crippen LogP contribution in [-0.4, -0.2) is 16.0 Å². The van der Waals surface area contributed by atoms with Gasteiger partial charge in [0.2, 0.25) is 0 Å². The smallest absolute Gasteiger partial charge is 0.275 e. The van der Waals surface area contributed by atoms with E-state index in [2.05, 4.69) is 20.8 Å². The SMILES string of the molecule is Cc1cc(NC(=O)c2ccc(Nc3c(F)cccc3F)cn2)no1. The van der Waals surface area contributed by atoms with Crippen LogP contribution < -0.4 is 10.6 Å². The van der Waals surface area contributed by atoms with Gasteiger partial charge in [-0.05, 0) is 31.2 Å². The number of hydrogen-bond acceptors (Lipinski definition) is 5. The summed E-state index contributed by atoms with van der Waals surface area (Å²) in [5, 5.41) is 8.75. The number of para-hydroxylation sites is 1. The van der Waals surface area contributed by atoms with E-state index in [0.717, 1.165) is 12.1 Å². The van der Waals surface area contributed by atoms with Gasteiger partial charge in [0.05, 0.1) is 11.9 Å². The maximum Gasteiger partial charge on any atom is 0.275 e. The molecule has 3 rings (SSSR count). The van der Waals surface area contributed by atoms with Crippen LogP contribution in [0.15, 0.2) is 47.1 Å². The molecule has 0 aliphatic heterocycles. The molecule has 0 bridgehead atoms. The lowest BCUT2D eigenvalue weighted by Gasteiger charge is -2.08. The van der Waals surface area contributed by atoms with Crippen molar-refractivity contribution in [2.45, 2.75) is 6.92 Å². The minimum atomic E-state index is -0.724. The lowest BCUT2D eigenvalue weighted by atomic mass is 10.2. The molecule has 0 aliphatic rings. The molecule has 1 amide bonds. The highest BCUT2D eigenvalue weighted by Crippen LogP contribution is 2.22. The molecule has 8 heteroatoms. The van der Waals surface area contributed by atoms with E-state index < -0.39 is 17.5 Å². The molecular formula is C16H12F2N4O2. The Morgan fingerprint density at radius 2 is 1.92 bits per heavy atom. The molecule has 0 saturated heterocycles. The number of nitrogens with one attached hydrogen (secondary N) is 2. The Hall–Kier alpha value is -3.29. The zero-order valence-corrected chi connectivity index (χ0v) is 12.5. The first kappa shape index (κ1) is 15.6. The van der Waals surface area contributed by atoms with Crippen molar-refractivity contribution in [2.75, 3.05) is 10.6 Å². The third-order valence-corrected chi connectivity index (χ3v) is 3.10. The van der Waals surface area contributed by atoms with Crippen molar-refractivity contribution in [2.24, 2.45) is 0 Å². The van der Waals surface area contributed by atoms with Gasteiger partial charge in [-0.3, -0.25) is 4.79 Å². The fourth-order valence-electron chi connectivity index (χ4n) is 1.97. The average Bonchev–Trinajstić information content (AvgIpc) is 2.96. The number of aryl methyl sites for hydroxylation is 1. The first-order chi connectivity index (χ1) is 11.5. The number of benzene rings is 1. The Kier molecular flexibility index (Phi) is 4.19. The molecule has 0 aliphatic carbocycles. The number of anilines is 3. The van der Waals surface area contributed by atoms with Gasteiger partial charge in [0, 0.05) is 6.07 Å². The molecule has 0 unspecified atom stereocenters. The highest BCUT2D eigenvalue weighted by Gasteiger charge is 2.12. The van der Waals surface area contributed by atoms with Crippen LogP contribution >= 0.6 is 0 Å². The number of halogens is 2. The minimum Gasteiger partial charge on any atom is -0.360 e. The topological polar surface area (TPSA) is 80.0 Å². The number of pyridine rings is 1. The largest absolute Gasteiger partial charge is 0.360 e. The maximum atomic E-state index is 13.6. The van der Waals surface area contributed by atoms with E-state index in [-0.39, 0.29) is 17.2 Å². The van der Waals surface area contributed by atoms with Gasteiger partial charge in [-0.2, -0.15) is 0 Å². The van der Waals surface area contributed by atoms with Gasteiger partial charge >= 0.3 is 0 Å². The molecule has 0 spiro atoms. The van der Waals surface area contributed by atoms with Gasteiger partial charge < -0.3 is 15.2 Å². The van der Waals surface area contributed by atoms with Gasteiger partial charge in [0.1, 0.15) is 28.8 Å². The number of amides is 1. The van der Waals surface area contributed by atoms with E-state index in [1.165, 1.54) is 24.4 Å². The molecule has 122 valence electrons. The number of carbonyl (C=O) groups excluding carboxylic acids is 1. The van der Waals surface area contributed by atoms with Crippen molar-refractivity contribution in [3.05, 3.63) is 65.7 Å². The summed E-state index contributed by atoms with van der Waals surface area (Å²) in [6.45, 7) is 1.70. The van der Waals surface area contributed by atoms with E-state index in [1.54, 1.807) is 13.0 Å². The second-order valence-corrected chi connectivity index (χ2v) is 4.93. The van der Waals surface area contributed by atoms with Gasteiger partial charge in [0.15, 0.2) is 5.82 Å². The molecule has 0 saturated carbocycles. The van der Waals surface area contributed by atoms with Crippen molar-refractivity contribution in [1.29, 1.82) is 0 Å². The fourth-order valence-corrected chi connectivity index (χ4v) is 1.97. The second kappa shape index (κ2) is 6.45. The zero-order chi connectivity index (χ0) is 17.1. The Labute approximate surface area is 135 Å². The van der Waals surface area contributed by atoms with Crippen LogP contribution in [0.1, 0.15) is 16.2 Å². The minimum absolute atomic E-state index is 0.121. The summed E-state index contributed by atoms with van der Waals surface area (Å²) in [7, 11) is 0. The molecule has 2 N–H and O–H groups in total. The molecule has 2 heterocycles. The Bertz CT molecular complexity index is 858. The summed E-state index contributed by atoms with van der Waals surface area (Å²) in [4.78, 5) is 16.0. The molecule has 1 aromatic carbocycles. The Morgan fingerprint density at radius 3 is 2.50 bits per heavy atom. The highest BCUT2D eigenvalue weighted by molar-refractivity contribution is 6.02. The first-order valence-electron chi connectivity index (χ1n) is 6.94.